The van der Waals surface area contributed by atoms with Gasteiger partial charge in [0.25, 0.3) is 0 Å². The molecule has 1 aliphatic rings. The smallest absolute Gasteiger partial charge is 0.0726 e. The quantitative estimate of drug-likeness (QED) is 0.935. The lowest BCUT2D eigenvalue weighted by atomic mass is 10.1. The second-order valence-electron chi connectivity index (χ2n) is 5.68. The minimum Gasteiger partial charge on any atom is -0.368 e. The van der Waals surface area contributed by atoms with Crippen LogP contribution in [0.2, 0.25) is 0 Å². The minimum absolute atomic E-state index is 0.494. The van der Waals surface area contributed by atoms with Crippen LogP contribution in [0.15, 0.2) is 30.3 Å². The Balaban J connectivity index is 1.89. The molecule has 0 atom stereocenters. The molecule has 0 unspecified atom stereocenters. The first-order valence-electron chi connectivity index (χ1n) is 7.88. The molecule has 21 heavy (non-hydrogen) atoms. The van der Waals surface area contributed by atoms with Crippen LogP contribution in [0.5, 0.6) is 0 Å². The molecule has 0 aliphatic carbocycles. The summed E-state index contributed by atoms with van der Waals surface area (Å²) in [6, 6.07) is 10.5. The third-order valence-electron chi connectivity index (χ3n) is 4.21. The van der Waals surface area contributed by atoms with E-state index in [0.29, 0.717) is 6.54 Å². The van der Waals surface area contributed by atoms with Gasteiger partial charge in [-0.25, -0.2) is 0 Å². The minimum atomic E-state index is 0.494. The van der Waals surface area contributed by atoms with Crippen LogP contribution in [0.4, 0.5) is 5.69 Å². The van der Waals surface area contributed by atoms with E-state index < -0.39 is 0 Å². The van der Waals surface area contributed by atoms with Gasteiger partial charge < -0.3 is 10.6 Å². The highest BCUT2D eigenvalue weighted by Crippen LogP contribution is 2.27. The Morgan fingerprint density at radius 2 is 1.90 bits per heavy atom. The van der Waals surface area contributed by atoms with Crippen molar-refractivity contribution >= 4 is 16.6 Å². The lowest BCUT2D eigenvalue weighted by molar-refractivity contribution is 0.258. The van der Waals surface area contributed by atoms with Gasteiger partial charge in [-0.2, -0.15) is 0 Å². The molecule has 0 spiro atoms. The molecular formula is C17H24N4. The molecule has 2 aromatic rings. The zero-order valence-corrected chi connectivity index (χ0v) is 12.8. The maximum Gasteiger partial charge on any atom is 0.0726 e. The van der Waals surface area contributed by atoms with Crippen LogP contribution in [0.1, 0.15) is 19.0 Å². The fraction of sp³-hybridized carbons (Fsp3) is 0.471. The second kappa shape index (κ2) is 6.41. The predicted molar refractivity (Wildman–Crippen MR) is 88.6 cm³/mol. The van der Waals surface area contributed by atoms with E-state index in [9.17, 15) is 0 Å². The zero-order chi connectivity index (χ0) is 14.7. The topological polar surface area (TPSA) is 45.4 Å². The van der Waals surface area contributed by atoms with E-state index >= 15 is 0 Å². The lowest BCUT2D eigenvalue weighted by Crippen LogP contribution is -2.46. The highest BCUT2D eigenvalue weighted by molar-refractivity contribution is 5.92. The Labute approximate surface area is 126 Å². The Morgan fingerprint density at radius 1 is 1.14 bits per heavy atom. The van der Waals surface area contributed by atoms with E-state index in [0.717, 1.165) is 37.4 Å². The van der Waals surface area contributed by atoms with Crippen LogP contribution in [0.3, 0.4) is 0 Å². The van der Waals surface area contributed by atoms with E-state index in [1.165, 1.54) is 24.0 Å². The lowest BCUT2D eigenvalue weighted by Gasteiger charge is -2.36. The molecule has 2 N–H and O–H groups in total. The van der Waals surface area contributed by atoms with Gasteiger partial charge in [-0.3, -0.25) is 9.88 Å². The number of nitrogens with zero attached hydrogens (tertiary/aromatic N) is 3. The maximum atomic E-state index is 5.81. The monoisotopic (exact) mass is 284 g/mol. The number of hydrogen-bond acceptors (Lipinski definition) is 4. The second-order valence-corrected chi connectivity index (χ2v) is 5.68. The summed E-state index contributed by atoms with van der Waals surface area (Å²) in [7, 11) is 0. The molecule has 1 aliphatic heterocycles. The summed E-state index contributed by atoms with van der Waals surface area (Å²) in [5.74, 6) is 0. The number of piperazine rings is 1. The van der Waals surface area contributed by atoms with E-state index in [4.69, 9.17) is 5.73 Å². The van der Waals surface area contributed by atoms with Crippen LogP contribution in [0.25, 0.3) is 10.9 Å². The van der Waals surface area contributed by atoms with Crippen molar-refractivity contribution in [3.8, 4) is 0 Å². The number of para-hydroxylation sites is 1. The summed E-state index contributed by atoms with van der Waals surface area (Å²) in [6.45, 7) is 8.39. The van der Waals surface area contributed by atoms with Crippen molar-refractivity contribution in [3.05, 3.63) is 36.0 Å². The van der Waals surface area contributed by atoms with Gasteiger partial charge in [0, 0.05) is 43.8 Å². The van der Waals surface area contributed by atoms with Gasteiger partial charge in [0.2, 0.25) is 0 Å². The van der Waals surface area contributed by atoms with Gasteiger partial charge in [0.1, 0.15) is 0 Å². The first-order valence-corrected chi connectivity index (χ1v) is 7.88. The van der Waals surface area contributed by atoms with E-state index in [1.807, 2.05) is 6.07 Å². The van der Waals surface area contributed by atoms with Crippen LogP contribution >= 0.6 is 0 Å². The van der Waals surface area contributed by atoms with Crippen molar-refractivity contribution in [2.75, 3.05) is 37.6 Å². The van der Waals surface area contributed by atoms with Crippen LogP contribution in [0, 0.1) is 0 Å². The van der Waals surface area contributed by atoms with E-state index in [2.05, 4.69) is 46.0 Å². The van der Waals surface area contributed by atoms with Crippen molar-refractivity contribution in [3.63, 3.8) is 0 Å². The van der Waals surface area contributed by atoms with Gasteiger partial charge in [0.05, 0.1) is 11.2 Å². The van der Waals surface area contributed by atoms with Crippen molar-refractivity contribution in [1.82, 2.24) is 9.88 Å². The molecule has 4 heteroatoms. The Hall–Kier alpha value is -1.65. The SMILES string of the molecule is CCCN1CCN(c2cc(CN)nc3ccccc23)CC1. The van der Waals surface area contributed by atoms with Crippen molar-refractivity contribution < 1.29 is 0 Å². The fourth-order valence-corrected chi connectivity index (χ4v) is 3.11. The van der Waals surface area contributed by atoms with E-state index in [1.54, 1.807) is 0 Å². The number of aromatic nitrogens is 1. The molecule has 4 nitrogen and oxygen atoms in total. The Bertz CT molecular complexity index is 603. The average Bonchev–Trinajstić information content (AvgIpc) is 2.55. The molecule has 2 heterocycles. The summed E-state index contributed by atoms with van der Waals surface area (Å²) >= 11 is 0. The summed E-state index contributed by atoms with van der Waals surface area (Å²) in [6.07, 6.45) is 1.23. The summed E-state index contributed by atoms with van der Waals surface area (Å²) in [5.41, 5.74) is 9.12. The maximum absolute atomic E-state index is 5.81. The highest BCUT2D eigenvalue weighted by atomic mass is 15.3. The standard InChI is InChI=1S/C17H24N4/c1-2-7-20-8-10-21(11-9-20)17-12-14(13-18)19-16-6-4-3-5-15(16)17/h3-6,12H,2,7-11,13,18H2,1H3. The van der Waals surface area contributed by atoms with Crippen molar-refractivity contribution in [2.24, 2.45) is 5.73 Å². The number of benzene rings is 1. The van der Waals surface area contributed by atoms with Gasteiger partial charge in [-0.05, 0) is 25.1 Å². The molecule has 3 rings (SSSR count). The molecule has 0 radical (unpaired) electrons. The molecule has 0 saturated carbocycles. The first-order chi connectivity index (χ1) is 10.3. The predicted octanol–water partition coefficient (Wildman–Crippen LogP) is 2.23. The van der Waals surface area contributed by atoms with Crippen molar-refractivity contribution in [1.29, 1.82) is 0 Å². The molecule has 1 aromatic heterocycles. The molecule has 0 bridgehead atoms. The van der Waals surface area contributed by atoms with Gasteiger partial charge in [-0.15, -0.1) is 0 Å². The van der Waals surface area contributed by atoms with Crippen LogP contribution < -0.4 is 10.6 Å². The molecular weight excluding hydrogens is 260 g/mol. The number of fused-ring (bicyclic) bond motifs is 1. The molecule has 0 amide bonds. The fourth-order valence-electron chi connectivity index (χ4n) is 3.11. The summed E-state index contributed by atoms with van der Waals surface area (Å²) in [5, 5.41) is 1.23. The molecule has 1 fully saturated rings. The Morgan fingerprint density at radius 3 is 2.62 bits per heavy atom. The first kappa shape index (κ1) is 14.3. The van der Waals surface area contributed by atoms with Crippen LogP contribution in [-0.4, -0.2) is 42.6 Å². The normalized spacial score (nSPS) is 16.6. The number of pyridine rings is 1. The molecule has 112 valence electrons. The van der Waals surface area contributed by atoms with Gasteiger partial charge >= 0.3 is 0 Å². The number of nitrogens with two attached hydrogens (primary N) is 1. The van der Waals surface area contributed by atoms with E-state index in [-0.39, 0.29) is 0 Å². The van der Waals surface area contributed by atoms with Crippen LogP contribution in [-0.2, 0) is 6.54 Å². The Kier molecular flexibility index (Phi) is 4.36. The van der Waals surface area contributed by atoms with Gasteiger partial charge in [0.15, 0.2) is 0 Å². The average molecular weight is 284 g/mol. The largest absolute Gasteiger partial charge is 0.368 e. The summed E-state index contributed by atoms with van der Waals surface area (Å²) in [4.78, 5) is 9.66. The third-order valence-corrected chi connectivity index (χ3v) is 4.21. The van der Waals surface area contributed by atoms with Gasteiger partial charge in [-0.1, -0.05) is 25.1 Å². The highest BCUT2D eigenvalue weighted by Gasteiger charge is 2.18. The molecule has 1 aromatic carbocycles. The third kappa shape index (κ3) is 3.01. The number of hydrogen-bond donors (Lipinski definition) is 1. The molecule has 1 saturated heterocycles. The summed E-state index contributed by atoms with van der Waals surface area (Å²) < 4.78 is 0. The van der Waals surface area contributed by atoms with Crippen molar-refractivity contribution in [2.45, 2.75) is 19.9 Å². The number of rotatable bonds is 4. The zero-order valence-electron chi connectivity index (χ0n) is 12.8. The number of anilines is 1.